The molecule has 5 rings (SSSR count). The topological polar surface area (TPSA) is 124 Å². The number of rotatable bonds is 6. The molecular weight excluding hydrogens is 479 g/mol. The van der Waals surface area contributed by atoms with Crippen molar-refractivity contribution in [3.63, 3.8) is 0 Å². The van der Waals surface area contributed by atoms with E-state index in [0.717, 1.165) is 18.2 Å². The van der Waals surface area contributed by atoms with Crippen LogP contribution in [0.3, 0.4) is 0 Å². The highest BCUT2D eigenvalue weighted by Gasteiger charge is 2.24. The average Bonchev–Trinajstić information content (AvgIpc) is 3.39. The lowest BCUT2D eigenvalue weighted by Gasteiger charge is -2.23. The lowest BCUT2D eigenvalue weighted by molar-refractivity contribution is 0.0903. The first-order valence-electron chi connectivity index (χ1n) is 10.9. The van der Waals surface area contributed by atoms with E-state index < -0.39 is 18.0 Å². The van der Waals surface area contributed by atoms with Crippen LogP contribution in [0.15, 0.2) is 53.4 Å². The summed E-state index contributed by atoms with van der Waals surface area (Å²) < 4.78 is 30.0. The van der Waals surface area contributed by atoms with Crippen molar-refractivity contribution in [1.29, 1.82) is 0 Å². The van der Waals surface area contributed by atoms with E-state index in [1.807, 2.05) is 0 Å². The van der Waals surface area contributed by atoms with Crippen LogP contribution in [-0.4, -0.2) is 45.5 Å². The summed E-state index contributed by atoms with van der Waals surface area (Å²) in [4.78, 5) is 25.6. The van der Waals surface area contributed by atoms with Crippen molar-refractivity contribution in [2.45, 2.75) is 24.9 Å². The summed E-state index contributed by atoms with van der Waals surface area (Å²) in [5.41, 5.74) is 0.955. The maximum atomic E-state index is 14.0. The quantitative estimate of drug-likeness (QED) is 0.401. The number of carbonyl (C=O) groups excluding carboxylic acids is 1. The Kier molecular flexibility index (Phi) is 6.68. The number of anilines is 1. The monoisotopic (exact) mass is 498 g/mol. The van der Waals surface area contributed by atoms with Gasteiger partial charge in [0.2, 0.25) is 5.95 Å². The van der Waals surface area contributed by atoms with Crippen molar-refractivity contribution in [1.82, 2.24) is 25.4 Å². The van der Waals surface area contributed by atoms with Crippen molar-refractivity contribution in [2.24, 2.45) is 0 Å². The molecule has 3 heterocycles. The van der Waals surface area contributed by atoms with Crippen molar-refractivity contribution in [3.8, 4) is 5.75 Å². The largest absolute Gasteiger partial charge is 0.413 e. The molecule has 2 aromatic carbocycles. The van der Waals surface area contributed by atoms with Gasteiger partial charge in [0.05, 0.1) is 10.5 Å². The Morgan fingerprint density at radius 1 is 1.17 bits per heavy atom. The van der Waals surface area contributed by atoms with Gasteiger partial charge in [0, 0.05) is 36.9 Å². The third-order valence-corrected chi connectivity index (χ3v) is 5.79. The number of amides is 1. The maximum absolute atomic E-state index is 14.0. The first-order valence-corrected chi connectivity index (χ1v) is 11.2. The zero-order chi connectivity index (χ0) is 24.2. The van der Waals surface area contributed by atoms with Gasteiger partial charge < -0.3 is 24.6 Å². The van der Waals surface area contributed by atoms with Crippen molar-refractivity contribution in [3.05, 3.63) is 71.2 Å². The van der Waals surface area contributed by atoms with Crippen LogP contribution in [0.5, 0.6) is 5.75 Å². The minimum atomic E-state index is -0.949. The van der Waals surface area contributed by atoms with Gasteiger partial charge in [-0.1, -0.05) is 22.8 Å². The predicted octanol–water partition coefficient (Wildman–Crippen LogP) is 4.27. The summed E-state index contributed by atoms with van der Waals surface area (Å²) in [7, 11) is 0. The zero-order valence-electron chi connectivity index (χ0n) is 18.3. The number of benzene rings is 2. The molecule has 0 aliphatic carbocycles. The molecule has 0 radical (unpaired) electrons. The van der Waals surface area contributed by atoms with Gasteiger partial charge >= 0.3 is 6.09 Å². The fourth-order valence-corrected chi connectivity index (χ4v) is 3.82. The van der Waals surface area contributed by atoms with Crippen LogP contribution in [0, 0.1) is 5.82 Å². The molecule has 35 heavy (non-hydrogen) atoms. The number of ether oxygens (including phenoxy) is 2. The SMILES string of the molecule is O=C(NC(c1ccc(Cl)c(F)c1)c1ncno1)Oc1ccc2cnc(NC3CCOCC3)nc2c1. The van der Waals surface area contributed by atoms with Gasteiger partial charge in [0.1, 0.15) is 17.6 Å². The minimum Gasteiger partial charge on any atom is -0.410 e. The number of hydrogen-bond donors (Lipinski definition) is 2. The molecule has 1 amide bonds. The lowest BCUT2D eigenvalue weighted by Crippen LogP contribution is -2.32. The van der Waals surface area contributed by atoms with Crippen LogP contribution in [0.2, 0.25) is 5.02 Å². The minimum absolute atomic E-state index is 0.0514. The van der Waals surface area contributed by atoms with Crippen LogP contribution >= 0.6 is 11.6 Å². The van der Waals surface area contributed by atoms with Crippen molar-refractivity contribution in [2.75, 3.05) is 18.5 Å². The number of hydrogen-bond acceptors (Lipinski definition) is 9. The fourth-order valence-electron chi connectivity index (χ4n) is 3.70. The van der Waals surface area contributed by atoms with E-state index in [2.05, 4.69) is 30.7 Å². The Labute approximate surface area is 203 Å². The van der Waals surface area contributed by atoms with Crippen LogP contribution in [0.25, 0.3) is 10.9 Å². The first-order chi connectivity index (χ1) is 17.0. The van der Waals surface area contributed by atoms with E-state index in [9.17, 15) is 9.18 Å². The molecule has 1 aliphatic heterocycles. The molecule has 1 unspecified atom stereocenters. The van der Waals surface area contributed by atoms with E-state index in [1.165, 1.54) is 18.5 Å². The van der Waals surface area contributed by atoms with E-state index in [-0.39, 0.29) is 22.7 Å². The third-order valence-electron chi connectivity index (χ3n) is 5.48. The molecule has 1 saturated heterocycles. The molecule has 4 aromatic rings. The Balaban J connectivity index is 1.32. The number of carbonyl (C=O) groups is 1. The third kappa shape index (κ3) is 5.47. The molecule has 1 fully saturated rings. The zero-order valence-corrected chi connectivity index (χ0v) is 19.0. The maximum Gasteiger partial charge on any atom is 0.413 e. The van der Waals surface area contributed by atoms with Crippen LogP contribution in [-0.2, 0) is 4.74 Å². The summed E-state index contributed by atoms with van der Waals surface area (Å²) in [6, 6.07) is 8.40. The molecule has 1 atom stereocenters. The molecule has 12 heteroatoms. The normalized spacial score (nSPS) is 15.0. The molecule has 1 aliphatic rings. The van der Waals surface area contributed by atoms with E-state index in [0.29, 0.717) is 30.2 Å². The summed E-state index contributed by atoms with van der Waals surface area (Å²) in [6.45, 7) is 1.40. The van der Waals surface area contributed by atoms with E-state index in [1.54, 1.807) is 30.5 Å². The number of fused-ring (bicyclic) bond motifs is 1. The number of nitrogens with zero attached hydrogens (tertiary/aromatic N) is 4. The fraction of sp³-hybridized carbons (Fsp3) is 0.261. The Bertz CT molecular complexity index is 1330. The highest BCUT2D eigenvalue weighted by molar-refractivity contribution is 6.30. The standard InChI is InChI=1S/C23H20ClFN6O4/c24-17-4-2-13(9-18(17)25)20(21-27-12-28-35-21)31-23(32)34-16-3-1-14-11-26-22(30-19(14)10-16)29-15-5-7-33-8-6-15/h1-4,9-12,15,20H,5-8H2,(H,31,32)(H,26,29,30). The summed E-state index contributed by atoms with van der Waals surface area (Å²) >= 11 is 5.78. The summed E-state index contributed by atoms with van der Waals surface area (Å²) in [5.74, 6) is 0.159. The molecule has 10 nitrogen and oxygen atoms in total. The van der Waals surface area contributed by atoms with Gasteiger partial charge in [-0.05, 0) is 42.7 Å². The molecule has 0 bridgehead atoms. The van der Waals surface area contributed by atoms with Gasteiger partial charge in [-0.15, -0.1) is 0 Å². The van der Waals surface area contributed by atoms with Crippen LogP contribution in [0.4, 0.5) is 15.1 Å². The molecular formula is C23H20ClFN6O4. The van der Waals surface area contributed by atoms with Gasteiger partial charge in [-0.2, -0.15) is 4.98 Å². The Hall–Kier alpha value is -3.83. The average molecular weight is 499 g/mol. The van der Waals surface area contributed by atoms with E-state index >= 15 is 0 Å². The molecule has 0 saturated carbocycles. The Morgan fingerprint density at radius 3 is 2.80 bits per heavy atom. The molecule has 2 N–H and O–H groups in total. The second kappa shape index (κ2) is 10.2. The van der Waals surface area contributed by atoms with Crippen LogP contribution in [0.1, 0.15) is 30.3 Å². The van der Waals surface area contributed by atoms with Crippen LogP contribution < -0.4 is 15.4 Å². The number of nitrogens with one attached hydrogen (secondary N) is 2. The summed E-state index contributed by atoms with van der Waals surface area (Å²) in [5, 5.41) is 10.2. The second-order valence-corrected chi connectivity index (χ2v) is 8.27. The molecule has 2 aromatic heterocycles. The highest BCUT2D eigenvalue weighted by Crippen LogP contribution is 2.25. The van der Waals surface area contributed by atoms with E-state index in [4.69, 9.17) is 25.6 Å². The lowest BCUT2D eigenvalue weighted by atomic mass is 10.1. The van der Waals surface area contributed by atoms with Crippen molar-refractivity contribution < 1.29 is 23.2 Å². The van der Waals surface area contributed by atoms with Gasteiger partial charge in [-0.25, -0.2) is 19.2 Å². The van der Waals surface area contributed by atoms with Gasteiger partial charge in [0.25, 0.3) is 5.89 Å². The smallest absolute Gasteiger partial charge is 0.410 e. The molecule has 0 spiro atoms. The predicted molar refractivity (Wildman–Crippen MR) is 124 cm³/mol. The van der Waals surface area contributed by atoms with Crippen molar-refractivity contribution >= 4 is 34.5 Å². The molecule has 180 valence electrons. The summed E-state index contributed by atoms with van der Waals surface area (Å²) in [6.07, 6.45) is 3.83. The number of halogens is 2. The number of aromatic nitrogens is 4. The second-order valence-electron chi connectivity index (χ2n) is 7.87. The highest BCUT2D eigenvalue weighted by atomic mass is 35.5. The first kappa shape index (κ1) is 22.9. The Morgan fingerprint density at radius 2 is 2.03 bits per heavy atom. The van der Waals surface area contributed by atoms with Gasteiger partial charge in [0.15, 0.2) is 6.33 Å². The van der Waals surface area contributed by atoms with Gasteiger partial charge in [-0.3, -0.25) is 0 Å².